The van der Waals surface area contributed by atoms with Gasteiger partial charge < -0.3 is 10.1 Å². The molecule has 1 aliphatic rings. The zero-order valence-electron chi connectivity index (χ0n) is 8.35. The Hall–Kier alpha value is -1.62. The smallest absolute Gasteiger partial charge is 0.248 e. The molecule has 0 radical (unpaired) electrons. The first-order chi connectivity index (χ1) is 7.31. The number of hydrogen-bond acceptors (Lipinski definition) is 3. The van der Waals surface area contributed by atoms with E-state index in [4.69, 9.17) is 4.74 Å². The van der Waals surface area contributed by atoms with Gasteiger partial charge in [0.1, 0.15) is 5.82 Å². The molecule has 80 valence electrons. The lowest BCUT2D eigenvalue weighted by atomic mass is 10.3. The quantitative estimate of drug-likeness (QED) is 0.751. The average Bonchev–Trinajstić information content (AvgIpc) is 2.86. The molecule has 0 spiro atoms. The highest BCUT2D eigenvalue weighted by Gasteiger charge is 2.20. The molecule has 1 N–H and O–H groups in total. The summed E-state index contributed by atoms with van der Waals surface area (Å²) < 4.78 is 7.06. The van der Waals surface area contributed by atoms with Crippen molar-refractivity contribution in [3.05, 3.63) is 24.9 Å². The minimum atomic E-state index is -0.226. The fourth-order valence-electron chi connectivity index (χ4n) is 1.60. The Bertz CT molecular complexity index is 366. The molecule has 0 bridgehead atoms. The van der Waals surface area contributed by atoms with E-state index in [1.54, 1.807) is 16.9 Å². The van der Waals surface area contributed by atoms with Crippen LogP contribution in [0.1, 0.15) is 12.5 Å². The number of carbonyl (C=O) groups excluding carboxylic acids is 1. The molecule has 1 aromatic heterocycles. The normalized spacial score (nSPS) is 20.1. The Kier molecular flexibility index (Phi) is 2.82. The van der Waals surface area contributed by atoms with Crippen LogP contribution in [-0.2, 0) is 9.53 Å². The minimum Gasteiger partial charge on any atom is -0.379 e. The Balaban J connectivity index is 2.13. The van der Waals surface area contributed by atoms with Crippen LogP contribution < -0.4 is 5.32 Å². The van der Waals surface area contributed by atoms with Crippen LogP contribution in [0.2, 0.25) is 0 Å². The molecule has 1 aromatic rings. The van der Waals surface area contributed by atoms with Crippen LogP contribution in [0.25, 0.3) is 0 Å². The van der Waals surface area contributed by atoms with E-state index in [1.165, 1.54) is 6.08 Å². The summed E-state index contributed by atoms with van der Waals surface area (Å²) >= 11 is 0. The van der Waals surface area contributed by atoms with Crippen molar-refractivity contribution in [2.45, 2.75) is 12.5 Å². The van der Waals surface area contributed by atoms with Gasteiger partial charge in [0.25, 0.3) is 0 Å². The molecule has 15 heavy (non-hydrogen) atoms. The van der Waals surface area contributed by atoms with Crippen LogP contribution >= 0.6 is 0 Å². The summed E-state index contributed by atoms with van der Waals surface area (Å²) in [5, 5.41) is 6.88. The number of carbonyl (C=O) groups is 1. The van der Waals surface area contributed by atoms with Crippen molar-refractivity contribution >= 4 is 11.7 Å². The van der Waals surface area contributed by atoms with Gasteiger partial charge in [0.15, 0.2) is 0 Å². The van der Waals surface area contributed by atoms with Crippen LogP contribution in [0, 0.1) is 0 Å². The molecule has 1 saturated heterocycles. The molecule has 5 nitrogen and oxygen atoms in total. The number of amides is 1. The van der Waals surface area contributed by atoms with Crippen LogP contribution in [-0.4, -0.2) is 28.9 Å². The molecule has 1 amide bonds. The van der Waals surface area contributed by atoms with Gasteiger partial charge in [0, 0.05) is 12.7 Å². The van der Waals surface area contributed by atoms with Gasteiger partial charge >= 0.3 is 0 Å². The maximum absolute atomic E-state index is 11.1. The van der Waals surface area contributed by atoms with Gasteiger partial charge in [-0.2, -0.15) is 5.10 Å². The first-order valence-corrected chi connectivity index (χ1v) is 4.86. The highest BCUT2D eigenvalue weighted by atomic mass is 16.5. The summed E-state index contributed by atoms with van der Waals surface area (Å²) in [5.41, 5.74) is 0. The van der Waals surface area contributed by atoms with Gasteiger partial charge in [0.2, 0.25) is 5.91 Å². The SMILES string of the molecule is C=CC(=O)Nc1ccnn1C1CCOC1. The zero-order chi connectivity index (χ0) is 10.7. The second-order valence-electron chi connectivity index (χ2n) is 3.37. The molecule has 5 heteroatoms. The third-order valence-corrected chi connectivity index (χ3v) is 2.36. The van der Waals surface area contributed by atoms with Crippen molar-refractivity contribution < 1.29 is 9.53 Å². The maximum atomic E-state index is 11.1. The first-order valence-electron chi connectivity index (χ1n) is 4.86. The molecule has 1 aliphatic heterocycles. The summed E-state index contributed by atoms with van der Waals surface area (Å²) in [5.74, 6) is 0.464. The topological polar surface area (TPSA) is 56.2 Å². The number of anilines is 1. The van der Waals surface area contributed by atoms with Crippen molar-refractivity contribution in [2.24, 2.45) is 0 Å². The largest absolute Gasteiger partial charge is 0.379 e. The van der Waals surface area contributed by atoms with Crippen molar-refractivity contribution in [1.82, 2.24) is 9.78 Å². The standard InChI is InChI=1S/C10H13N3O2/c1-2-10(14)12-9-3-5-11-13(9)8-4-6-15-7-8/h2-3,5,8H,1,4,6-7H2,(H,12,14). The lowest BCUT2D eigenvalue weighted by Gasteiger charge is -2.12. The van der Waals surface area contributed by atoms with Gasteiger partial charge in [-0.1, -0.05) is 6.58 Å². The van der Waals surface area contributed by atoms with E-state index < -0.39 is 0 Å². The van der Waals surface area contributed by atoms with Gasteiger partial charge in [-0.25, -0.2) is 4.68 Å². The van der Waals surface area contributed by atoms with E-state index in [2.05, 4.69) is 17.0 Å². The Morgan fingerprint density at radius 1 is 1.80 bits per heavy atom. The average molecular weight is 207 g/mol. The molecule has 1 fully saturated rings. The monoisotopic (exact) mass is 207 g/mol. The second kappa shape index (κ2) is 4.27. The van der Waals surface area contributed by atoms with Crippen LogP contribution in [0.5, 0.6) is 0 Å². The fraction of sp³-hybridized carbons (Fsp3) is 0.400. The van der Waals surface area contributed by atoms with E-state index in [1.807, 2.05) is 0 Å². The summed E-state index contributed by atoms with van der Waals surface area (Å²) in [4.78, 5) is 11.1. The summed E-state index contributed by atoms with van der Waals surface area (Å²) in [7, 11) is 0. The highest BCUT2D eigenvalue weighted by Crippen LogP contribution is 2.22. The van der Waals surface area contributed by atoms with Crippen LogP contribution in [0.4, 0.5) is 5.82 Å². The summed E-state index contributed by atoms with van der Waals surface area (Å²) in [6.07, 6.45) is 3.83. The molecule has 0 aliphatic carbocycles. The first kappa shape index (κ1) is 9.92. The third kappa shape index (κ3) is 2.07. The molecule has 1 unspecified atom stereocenters. The summed E-state index contributed by atoms with van der Waals surface area (Å²) in [6.45, 7) is 4.80. The molecule has 2 heterocycles. The third-order valence-electron chi connectivity index (χ3n) is 2.36. The predicted octanol–water partition coefficient (Wildman–Crippen LogP) is 0.969. The minimum absolute atomic E-state index is 0.222. The zero-order valence-corrected chi connectivity index (χ0v) is 8.35. The van der Waals surface area contributed by atoms with Gasteiger partial charge in [-0.05, 0) is 12.5 Å². The molecule has 1 atom stereocenters. The lowest BCUT2D eigenvalue weighted by molar-refractivity contribution is -0.111. The fourth-order valence-corrected chi connectivity index (χ4v) is 1.60. The van der Waals surface area contributed by atoms with E-state index in [0.29, 0.717) is 12.4 Å². The number of nitrogens with one attached hydrogen (secondary N) is 1. The molecule has 0 aromatic carbocycles. The van der Waals surface area contributed by atoms with E-state index >= 15 is 0 Å². The number of aromatic nitrogens is 2. The van der Waals surface area contributed by atoms with Crippen LogP contribution in [0.3, 0.4) is 0 Å². The van der Waals surface area contributed by atoms with Crippen LogP contribution in [0.15, 0.2) is 24.9 Å². The van der Waals surface area contributed by atoms with Gasteiger partial charge in [-0.15, -0.1) is 0 Å². The van der Waals surface area contributed by atoms with Crippen molar-refractivity contribution in [3.63, 3.8) is 0 Å². The molecular formula is C10H13N3O2. The highest BCUT2D eigenvalue weighted by molar-refractivity contribution is 5.98. The van der Waals surface area contributed by atoms with E-state index in [9.17, 15) is 4.79 Å². The second-order valence-corrected chi connectivity index (χ2v) is 3.37. The molecular weight excluding hydrogens is 194 g/mol. The summed E-state index contributed by atoms with van der Waals surface area (Å²) in [6, 6.07) is 1.99. The van der Waals surface area contributed by atoms with Crippen molar-refractivity contribution in [1.29, 1.82) is 0 Å². The van der Waals surface area contributed by atoms with Gasteiger partial charge in [0.05, 0.1) is 18.8 Å². The maximum Gasteiger partial charge on any atom is 0.248 e. The number of rotatable bonds is 3. The van der Waals surface area contributed by atoms with E-state index in [0.717, 1.165) is 13.0 Å². The van der Waals surface area contributed by atoms with Crippen molar-refractivity contribution in [3.8, 4) is 0 Å². The Labute approximate surface area is 87.7 Å². The van der Waals surface area contributed by atoms with E-state index in [-0.39, 0.29) is 11.9 Å². The Morgan fingerprint density at radius 3 is 3.33 bits per heavy atom. The number of hydrogen-bond donors (Lipinski definition) is 1. The molecule has 2 rings (SSSR count). The Morgan fingerprint density at radius 2 is 2.67 bits per heavy atom. The van der Waals surface area contributed by atoms with Gasteiger partial charge in [-0.3, -0.25) is 4.79 Å². The number of nitrogens with zero attached hydrogens (tertiary/aromatic N) is 2. The predicted molar refractivity (Wildman–Crippen MR) is 55.5 cm³/mol. The number of ether oxygens (including phenoxy) is 1. The lowest BCUT2D eigenvalue weighted by Crippen LogP contribution is -2.17. The molecule has 0 saturated carbocycles. The van der Waals surface area contributed by atoms with Crippen molar-refractivity contribution in [2.75, 3.05) is 18.5 Å².